The normalized spacial score (nSPS) is 24.0. The van der Waals surface area contributed by atoms with Crippen molar-refractivity contribution in [3.63, 3.8) is 0 Å². The molecule has 0 aliphatic carbocycles. The Balaban J connectivity index is 2.17. The number of rotatable bonds is 2. The van der Waals surface area contributed by atoms with Gasteiger partial charge in [0.25, 0.3) is 0 Å². The van der Waals surface area contributed by atoms with Crippen LogP contribution in [0.1, 0.15) is 25.8 Å². The van der Waals surface area contributed by atoms with E-state index >= 15 is 0 Å². The Morgan fingerprint density at radius 2 is 2.57 bits per heavy atom. The van der Waals surface area contributed by atoms with E-state index in [-0.39, 0.29) is 12.1 Å². The molecule has 1 fully saturated rings. The standard InChI is InChI=1S/C9H14IN3O/c1-6(8-3-2-4-14-8)13-9(11)7(10)5-12-13/h5-6,8H,2-4,11H2,1H3. The average Bonchev–Trinajstić information content (AvgIpc) is 2.77. The summed E-state index contributed by atoms with van der Waals surface area (Å²) in [6, 6.07) is 0.237. The zero-order valence-corrected chi connectivity index (χ0v) is 10.3. The van der Waals surface area contributed by atoms with Gasteiger partial charge in [-0.25, -0.2) is 4.68 Å². The lowest BCUT2D eigenvalue weighted by Gasteiger charge is -2.19. The van der Waals surface area contributed by atoms with Crippen molar-refractivity contribution < 1.29 is 4.74 Å². The summed E-state index contributed by atoms with van der Waals surface area (Å²) in [6.07, 6.45) is 4.32. The summed E-state index contributed by atoms with van der Waals surface area (Å²) in [6.45, 7) is 2.97. The lowest BCUT2D eigenvalue weighted by atomic mass is 10.1. The summed E-state index contributed by atoms with van der Waals surface area (Å²) in [5.41, 5.74) is 5.91. The number of halogens is 1. The van der Waals surface area contributed by atoms with Crippen molar-refractivity contribution in [1.82, 2.24) is 9.78 Å². The fraction of sp³-hybridized carbons (Fsp3) is 0.667. The first-order chi connectivity index (χ1) is 6.70. The Morgan fingerprint density at radius 3 is 3.07 bits per heavy atom. The summed E-state index contributed by atoms with van der Waals surface area (Å²) in [5.74, 6) is 0.744. The second-order valence-electron chi connectivity index (χ2n) is 3.61. The van der Waals surface area contributed by atoms with Gasteiger partial charge in [-0.1, -0.05) is 0 Å². The quantitative estimate of drug-likeness (QED) is 0.848. The van der Waals surface area contributed by atoms with Crippen molar-refractivity contribution in [2.45, 2.75) is 31.9 Å². The molecule has 4 nitrogen and oxygen atoms in total. The molecule has 1 aromatic rings. The van der Waals surface area contributed by atoms with Crippen LogP contribution in [0.3, 0.4) is 0 Å². The Kier molecular flexibility index (Phi) is 2.96. The lowest BCUT2D eigenvalue weighted by molar-refractivity contribution is 0.0699. The molecular formula is C9H14IN3O. The van der Waals surface area contributed by atoms with E-state index in [1.54, 1.807) is 6.20 Å². The molecule has 2 heterocycles. The van der Waals surface area contributed by atoms with Gasteiger partial charge in [-0.2, -0.15) is 5.10 Å². The molecule has 0 radical (unpaired) electrons. The first-order valence-corrected chi connectivity index (χ1v) is 5.88. The second kappa shape index (κ2) is 4.06. The third-order valence-corrected chi connectivity index (χ3v) is 3.51. The first-order valence-electron chi connectivity index (χ1n) is 4.80. The van der Waals surface area contributed by atoms with Gasteiger partial charge in [0.15, 0.2) is 0 Å². The van der Waals surface area contributed by atoms with Crippen LogP contribution < -0.4 is 5.73 Å². The molecule has 1 saturated heterocycles. The molecule has 0 saturated carbocycles. The molecule has 78 valence electrons. The van der Waals surface area contributed by atoms with E-state index in [0.717, 1.165) is 28.8 Å². The summed E-state index contributed by atoms with van der Waals surface area (Å²) in [4.78, 5) is 0. The van der Waals surface area contributed by atoms with Crippen molar-refractivity contribution in [3.05, 3.63) is 9.77 Å². The number of nitrogens with zero attached hydrogens (tertiary/aromatic N) is 2. The Hall–Kier alpha value is -0.300. The van der Waals surface area contributed by atoms with Gasteiger partial charge in [0, 0.05) is 6.61 Å². The van der Waals surface area contributed by atoms with Crippen molar-refractivity contribution in [2.24, 2.45) is 0 Å². The van der Waals surface area contributed by atoms with E-state index in [1.165, 1.54) is 0 Å². The molecule has 0 spiro atoms. The topological polar surface area (TPSA) is 53.1 Å². The Labute approximate surface area is 96.9 Å². The minimum Gasteiger partial charge on any atom is -0.383 e. The molecule has 14 heavy (non-hydrogen) atoms. The fourth-order valence-corrected chi connectivity index (χ4v) is 2.19. The van der Waals surface area contributed by atoms with Crippen LogP contribution >= 0.6 is 22.6 Å². The summed E-state index contributed by atoms with van der Waals surface area (Å²) in [5, 5.41) is 4.26. The summed E-state index contributed by atoms with van der Waals surface area (Å²) in [7, 11) is 0. The largest absolute Gasteiger partial charge is 0.383 e. The van der Waals surface area contributed by atoms with E-state index in [0.29, 0.717) is 0 Å². The van der Waals surface area contributed by atoms with E-state index in [1.807, 2.05) is 4.68 Å². The fourth-order valence-electron chi connectivity index (χ4n) is 1.82. The van der Waals surface area contributed by atoms with Gasteiger partial charge in [-0.15, -0.1) is 0 Å². The number of hydrogen-bond acceptors (Lipinski definition) is 3. The van der Waals surface area contributed by atoms with Crippen LogP contribution in [0.5, 0.6) is 0 Å². The van der Waals surface area contributed by atoms with Gasteiger partial charge >= 0.3 is 0 Å². The number of hydrogen-bond donors (Lipinski definition) is 1. The van der Waals surface area contributed by atoms with Crippen LogP contribution in [0.15, 0.2) is 6.20 Å². The van der Waals surface area contributed by atoms with Crippen molar-refractivity contribution in [3.8, 4) is 0 Å². The maximum Gasteiger partial charge on any atom is 0.135 e. The number of nitrogens with two attached hydrogens (primary N) is 1. The van der Waals surface area contributed by atoms with Crippen LogP contribution in [0, 0.1) is 3.57 Å². The Bertz CT molecular complexity index is 320. The summed E-state index contributed by atoms with van der Waals surface area (Å²) < 4.78 is 8.48. The van der Waals surface area contributed by atoms with E-state index < -0.39 is 0 Å². The van der Waals surface area contributed by atoms with Gasteiger partial charge in [-0.05, 0) is 42.4 Å². The molecule has 2 atom stereocenters. The first kappa shape index (κ1) is 10.2. The smallest absolute Gasteiger partial charge is 0.135 e. The number of anilines is 1. The maximum absolute atomic E-state index is 5.91. The average molecular weight is 307 g/mol. The number of aromatic nitrogens is 2. The predicted molar refractivity (Wildman–Crippen MR) is 63.0 cm³/mol. The molecule has 0 bridgehead atoms. The van der Waals surface area contributed by atoms with E-state index in [2.05, 4.69) is 34.6 Å². The van der Waals surface area contributed by atoms with Gasteiger partial charge in [0.05, 0.1) is 21.9 Å². The second-order valence-corrected chi connectivity index (χ2v) is 4.78. The predicted octanol–water partition coefficient (Wildman–Crippen LogP) is 1.81. The molecule has 1 aliphatic rings. The Morgan fingerprint density at radius 1 is 1.79 bits per heavy atom. The van der Waals surface area contributed by atoms with Crippen LogP contribution in [0.2, 0.25) is 0 Å². The molecular weight excluding hydrogens is 293 g/mol. The van der Waals surface area contributed by atoms with Gasteiger partial charge in [0.1, 0.15) is 5.82 Å². The third-order valence-electron chi connectivity index (χ3n) is 2.68. The molecule has 5 heteroatoms. The minimum atomic E-state index is 0.237. The maximum atomic E-state index is 5.91. The highest BCUT2D eigenvalue weighted by Crippen LogP contribution is 2.26. The lowest BCUT2D eigenvalue weighted by Crippen LogP contribution is -2.23. The van der Waals surface area contributed by atoms with Crippen molar-refractivity contribution in [1.29, 1.82) is 0 Å². The number of nitrogen functional groups attached to an aromatic ring is 1. The highest BCUT2D eigenvalue weighted by atomic mass is 127. The zero-order valence-electron chi connectivity index (χ0n) is 8.11. The molecule has 1 aromatic heterocycles. The van der Waals surface area contributed by atoms with Crippen molar-refractivity contribution >= 4 is 28.4 Å². The molecule has 2 N–H and O–H groups in total. The van der Waals surface area contributed by atoms with Crippen LogP contribution in [-0.2, 0) is 4.74 Å². The zero-order chi connectivity index (χ0) is 10.1. The van der Waals surface area contributed by atoms with Crippen molar-refractivity contribution in [2.75, 3.05) is 12.3 Å². The molecule has 1 aliphatic heterocycles. The molecule has 0 aromatic carbocycles. The summed E-state index contributed by atoms with van der Waals surface area (Å²) >= 11 is 2.19. The van der Waals surface area contributed by atoms with E-state index in [9.17, 15) is 0 Å². The minimum absolute atomic E-state index is 0.237. The molecule has 0 amide bonds. The van der Waals surface area contributed by atoms with Crippen LogP contribution in [-0.4, -0.2) is 22.5 Å². The highest BCUT2D eigenvalue weighted by Gasteiger charge is 2.25. The van der Waals surface area contributed by atoms with Crippen LogP contribution in [0.25, 0.3) is 0 Å². The highest BCUT2D eigenvalue weighted by molar-refractivity contribution is 14.1. The third kappa shape index (κ3) is 1.75. The molecule has 2 rings (SSSR count). The van der Waals surface area contributed by atoms with Crippen LogP contribution in [0.4, 0.5) is 5.82 Å². The molecule has 2 unspecified atom stereocenters. The van der Waals surface area contributed by atoms with Gasteiger partial charge in [0.2, 0.25) is 0 Å². The van der Waals surface area contributed by atoms with Gasteiger partial charge in [-0.3, -0.25) is 0 Å². The van der Waals surface area contributed by atoms with Gasteiger partial charge < -0.3 is 10.5 Å². The van der Waals surface area contributed by atoms with E-state index in [4.69, 9.17) is 10.5 Å². The SMILES string of the molecule is CC(C1CCCO1)n1ncc(I)c1N. The number of ether oxygens (including phenoxy) is 1. The monoisotopic (exact) mass is 307 g/mol.